The van der Waals surface area contributed by atoms with Crippen LogP contribution in [0.4, 0.5) is 11.4 Å². The number of benzene rings is 2. The lowest BCUT2D eigenvalue weighted by Gasteiger charge is -2.30. The number of aromatic nitrogens is 1. The van der Waals surface area contributed by atoms with Gasteiger partial charge in [-0.05, 0) is 42.2 Å². The highest BCUT2D eigenvalue weighted by Gasteiger charge is 2.42. The van der Waals surface area contributed by atoms with Gasteiger partial charge in [0.2, 0.25) is 0 Å². The number of hydrogen-bond acceptors (Lipinski definition) is 4. The van der Waals surface area contributed by atoms with E-state index in [-0.39, 0.29) is 17.0 Å². The van der Waals surface area contributed by atoms with Crippen molar-refractivity contribution in [3.05, 3.63) is 80.5 Å². The Hall–Kier alpha value is -3.25. The van der Waals surface area contributed by atoms with E-state index in [0.717, 1.165) is 34.3 Å². The number of halogens is 1. The molecule has 5 rings (SSSR count). The smallest absolute Gasteiger partial charge is 0.269 e. The standard InChI is InChI=1S/C22H16ClN3O3/c1-22(2)10-17-20-18(11-22)25(13-4-6-14(7-5-13)26(28)29)21(27)19(20)15-9-12(23)3-8-16(15)24-17/h3-9,11H,10H2,1-2H3. The molecule has 1 aliphatic heterocycles. The number of allylic oxidation sites excluding steroid dienone is 1. The van der Waals surface area contributed by atoms with Crippen molar-refractivity contribution in [2.45, 2.75) is 20.3 Å². The first-order valence-electron chi connectivity index (χ1n) is 9.19. The molecule has 1 aliphatic carbocycles. The minimum absolute atomic E-state index is 0.0181. The quantitative estimate of drug-likeness (QED) is 0.423. The maximum absolute atomic E-state index is 13.6. The van der Waals surface area contributed by atoms with Crippen molar-refractivity contribution in [3.63, 3.8) is 0 Å². The van der Waals surface area contributed by atoms with E-state index in [0.29, 0.717) is 16.3 Å². The Bertz CT molecular complexity index is 1260. The minimum atomic E-state index is -0.454. The number of amides is 1. The van der Waals surface area contributed by atoms with Gasteiger partial charge in [-0.15, -0.1) is 0 Å². The number of nitro groups is 1. The van der Waals surface area contributed by atoms with Crippen LogP contribution in [-0.4, -0.2) is 15.8 Å². The average molecular weight is 406 g/mol. The fourth-order valence-electron chi connectivity index (χ4n) is 4.21. The van der Waals surface area contributed by atoms with Crippen LogP contribution in [0.5, 0.6) is 0 Å². The van der Waals surface area contributed by atoms with E-state index in [1.54, 1.807) is 29.2 Å². The SMILES string of the molecule is CC1(C)C=C2c3c(nc4ccc(Cl)cc4c3C(=O)N2c2ccc([N+](=O)[O-])cc2)C1. The molecule has 0 spiro atoms. The number of nitrogens with zero attached hydrogens (tertiary/aromatic N) is 3. The van der Waals surface area contributed by atoms with Crippen LogP contribution in [0, 0.1) is 15.5 Å². The second-order valence-corrected chi connectivity index (χ2v) is 8.52. The molecule has 0 N–H and O–H groups in total. The van der Waals surface area contributed by atoms with Crippen molar-refractivity contribution >= 4 is 45.5 Å². The highest BCUT2D eigenvalue weighted by Crippen LogP contribution is 2.47. The van der Waals surface area contributed by atoms with Crippen molar-refractivity contribution in [3.8, 4) is 0 Å². The van der Waals surface area contributed by atoms with E-state index in [1.807, 2.05) is 6.07 Å². The third kappa shape index (κ3) is 2.63. The molecule has 2 heterocycles. The predicted octanol–water partition coefficient (Wildman–Crippen LogP) is 5.38. The van der Waals surface area contributed by atoms with Gasteiger partial charge in [-0.1, -0.05) is 31.5 Å². The molecular weight excluding hydrogens is 390 g/mol. The molecule has 0 fully saturated rings. The number of anilines is 1. The van der Waals surface area contributed by atoms with Crippen LogP contribution in [0.2, 0.25) is 5.02 Å². The summed E-state index contributed by atoms with van der Waals surface area (Å²) >= 11 is 6.21. The molecule has 144 valence electrons. The lowest BCUT2D eigenvalue weighted by Crippen LogP contribution is -2.26. The van der Waals surface area contributed by atoms with Gasteiger partial charge in [-0.25, -0.2) is 0 Å². The zero-order valence-electron chi connectivity index (χ0n) is 15.8. The van der Waals surface area contributed by atoms with Gasteiger partial charge in [0.25, 0.3) is 11.6 Å². The van der Waals surface area contributed by atoms with Gasteiger partial charge in [-0.3, -0.25) is 24.8 Å². The van der Waals surface area contributed by atoms with Gasteiger partial charge in [0.15, 0.2) is 0 Å². The van der Waals surface area contributed by atoms with Gasteiger partial charge in [0.05, 0.1) is 27.4 Å². The van der Waals surface area contributed by atoms with Crippen molar-refractivity contribution in [2.24, 2.45) is 5.41 Å². The van der Waals surface area contributed by atoms with Crippen molar-refractivity contribution < 1.29 is 9.72 Å². The summed E-state index contributed by atoms with van der Waals surface area (Å²) in [5.41, 5.74) is 4.21. The molecule has 3 aromatic rings. The molecule has 1 amide bonds. The van der Waals surface area contributed by atoms with Gasteiger partial charge in [0, 0.05) is 33.8 Å². The third-order valence-corrected chi connectivity index (χ3v) is 5.64. The second-order valence-electron chi connectivity index (χ2n) is 8.08. The maximum Gasteiger partial charge on any atom is 0.269 e. The van der Waals surface area contributed by atoms with E-state index in [2.05, 4.69) is 19.9 Å². The summed E-state index contributed by atoms with van der Waals surface area (Å²) in [5, 5.41) is 12.3. The van der Waals surface area contributed by atoms with Crippen LogP contribution in [0.25, 0.3) is 16.6 Å². The topological polar surface area (TPSA) is 76.3 Å². The number of pyridine rings is 1. The summed E-state index contributed by atoms with van der Waals surface area (Å²) in [6.45, 7) is 4.21. The second kappa shape index (κ2) is 5.87. The van der Waals surface area contributed by atoms with E-state index in [1.165, 1.54) is 12.1 Å². The molecule has 0 saturated carbocycles. The Morgan fingerprint density at radius 3 is 2.55 bits per heavy atom. The molecule has 1 aromatic heterocycles. The summed E-state index contributed by atoms with van der Waals surface area (Å²) in [6.07, 6.45) is 2.81. The first-order valence-corrected chi connectivity index (χ1v) is 9.57. The average Bonchev–Trinajstić information content (AvgIpc) is 2.94. The van der Waals surface area contributed by atoms with Crippen LogP contribution in [0.3, 0.4) is 0 Å². The van der Waals surface area contributed by atoms with E-state index < -0.39 is 4.92 Å². The summed E-state index contributed by atoms with van der Waals surface area (Å²) < 4.78 is 0. The zero-order valence-corrected chi connectivity index (χ0v) is 16.5. The molecule has 0 bridgehead atoms. The number of fused-ring (bicyclic) bond motifs is 2. The first-order chi connectivity index (χ1) is 13.7. The lowest BCUT2D eigenvalue weighted by molar-refractivity contribution is -0.384. The molecule has 2 aromatic carbocycles. The molecular formula is C22H16ClN3O3. The number of hydrogen-bond donors (Lipinski definition) is 0. The summed E-state index contributed by atoms with van der Waals surface area (Å²) in [6, 6.07) is 11.4. The Balaban J connectivity index is 1.78. The number of non-ortho nitro benzene ring substituents is 1. The molecule has 6 nitrogen and oxygen atoms in total. The Morgan fingerprint density at radius 2 is 1.86 bits per heavy atom. The number of rotatable bonds is 2. The Labute approximate surface area is 171 Å². The van der Waals surface area contributed by atoms with Crippen molar-refractivity contribution in [1.29, 1.82) is 0 Å². The van der Waals surface area contributed by atoms with Crippen molar-refractivity contribution in [1.82, 2.24) is 4.98 Å². The summed E-state index contributed by atoms with van der Waals surface area (Å²) in [7, 11) is 0. The zero-order chi connectivity index (χ0) is 20.5. The highest BCUT2D eigenvalue weighted by molar-refractivity contribution is 6.32. The fourth-order valence-corrected chi connectivity index (χ4v) is 4.39. The van der Waals surface area contributed by atoms with Crippen LogP contribution in [0.1, 0.15) is 35.5 Å². The van der Waals surface area contributed by atoms with E-state index >= 15 is 0 Å². The molecule has 2 aliphatic rings. The largest absolute Gasteiger partial charge is 0.277 e. The van der Waals surface area contributed by atoms with E-state index in [9.17, 15) is 14.9 Å². The van der Waals surface area contributed by atoms with Crippen LogP contribution in [-0.2, 0) is 6.42 Å². The molecule has 0 radical (unpaired) electrons. The van der Waals surface area contributed by atoms with Crippen LogP contribution < -0.4 is 4.90 Å². The predicted molar refractivity (Wildman–Crippen MR) is 112 cm³/mol. The number of nitro benzene ring substituents is 1. The highest BCUT2D eigenvalue weighted by atomic mass is 35.5. The van der Waals surface area contributed by atoms with E-state index in [4.69, 9.17) is 16.6 Å². The van der Waals surface area contributed by atoms with Crippen molar-refractivity contribution in [2.75, 3.05) is 4.90 Å². The molecule has 0 unspecified atom stereocenters. The summed E-state index contributed by atoms with van der Waals surface area (Å²) in [4.78, 5) is 30.6. The Kier molecular flexibility index (Phi) is 3.61. The maximum atomic E-state index is 13.6. The molecule has 29 heavy (non-hydrogen) atoms. The molecule has 7 heteroatoms. The van der Waals surface area contributed by atoms with Gasteiger partial charge >= 0.3 is 0 Å². The normalized spacial score (nSPS) is 16.7. The number of carbonyl (C=O) groups excluding carboxylic acids is 1. The van der Waals surface area contributed by atoms with Gasteiger partial charge in [0.1, 0.15) is 0 Å². The summed E-state index contributed by atoms with van der Waals surface area (Å²) in [5.74, 6) is -0.172. The van der Waals surface area contributed by atoms with Gasteiger partial charge < -0.3 is 0 Å². The fraction of sp³-hybridized carbons (Fsp3) is 0.182. The lowest BCUT2D eigenvalue weighted by atomic mass is 9.79. The first kappa shape index (κ1) is 17.8. The minimum Gasteiger partial charge on any atom is -0.277 e. The Morgan fingerprint density at radius 1 is 1.14 bits per heavy atom. The van der Waals surface area contributed by atoms with Crippen LogP contribution >= 0.6 is 11.6 Å². The molecule has 0 saturated heterocycles. The molecule has 0 atom stereocenters. The third-order valence-electron chi connectivity index (χ3n) is 5.41. The van der Waals surface area contributed by atoms with Crippen LogP contribution in [0.15, 0.2) is 48.5 Å². The number of carbonyl (C=O) groups is 1. The monoisotopic (exact) mass is 405 g/mol. The van der Waals surface area contributed by atoms with Gasteiger partial charge in [-0.2, -0.15) is 0 Å².